The monoisotopic (exact) mass is 557 g/mol. The molecule has 6 atom stereocenters. The van der Waals surface area contributed by atoms with Crippen LogP contribution in [-0.2, 0) is 20.9 Å². The number of hydrogen-bond acceptors (Lipinski definition) is 8. The van der Waals surface area contributed by atoms with Gasteiger partial charge in [0.15, 0.2) is 34.9 Å². The second kappa shape index (κ2) is 11.8. The highest BCUT2D eigenvalue weighted by molar-refractivity contribution is 5.83. The summed E-state index contributed by atoms with van der Waals surface area (Å²) in [6, 6.07) is 2.98. The van der Waals surface area contributed by atoms with Crippen LogP contribution in [0.3, 0.4) is 0 Å². The number of aliphatic hydroxyl groups excluding tert-OH is 3. The van der Waals surface area contributed by atoms with Gasteiger partial charge in [0.1, 0.15) is 42.3 Å². The Morgan fingerprint density at radius 2 is 1.74 bits per heavy atom. The molecule has 0 spiro atoms. The van der Waals surface area contributed by atoms with Crippen LogP contribution in [-0.4, -0.2) is 73.2 Å². The van der Waals surface area contributed by atoms with Gasteiger partial charge in [0, 0.05) is 12.0 Å². The lowest BCUT2D eigenvalue weighted by Crippen LogP contribution is -2.60. The molecule has 0 amide bonds. The number of Topliss-reactive ketones (excluding diaryl/α,β-unsaturated/α-hetero) is 1. The third-order valence-electron chi connectivity index (χ3n) is 6.40. The quantitative estimate of drug-likeness (QED) is 0.270. The van der Waals surface area contributed by atoms with Crippen molar-refractivity contribution in [1.29, 1.82) is 0 Å². The molecule has 3 N–H and O–H groups in total. The molecule has 1 saturated heterocycles. The van der Waals surface area contributed by atoms with Gasteiger partial charge in [-0.25, -0.2) is 26.6 Å². The zero-order valence-electron chi connectivity index (χ0n) is 20.3. The minimum absolute atomic E-state index is 0.0682. The highest BCUT2D eigenvalue weighted by Gasteiger charge is 2.50. The zero-order chi connectivity index (χ0) is 28.4. The number of ether oxygens (including phenoxy) is 2. The van der Waals surface area contributed by atoms with Crippen LogP contribution >= 0.6 is 0 Å². The van der Waals surface area contributed by atoms with E-state index in [1.54, 1.807) is 0 Å². The van der Waals surface area contributed by atoms with E-state index in [2.05, 4.69) is 10.3 Å². The van der Waals surface area contributed by atoms with Crippen LogP contribution in [0.2, 0.25) is 0 Å². The van der Waals surface area contributed by atoms with E-state index in [0.717, 1.165) is 23.0 Å². The molecule has 0 radical (unpaired) electrons. The number of nitrogens with zero attached hydrogens (tertiary/aromatic N) is 3. The summed E-state index contributed by atoms with van der Waals surface area (Å²) in [6.45, 7) is 0.408. The van der Waals surface area contributed by atoms with Gasteiger partial charge in [-0.15, -0.1) is 5.10 Å². The molecule has 9 nitrogen and oxygen atoms in total. The number of halogens is 5. The predicted molar refractivity (Wildman–Crippen MR) is 122 cm³/mol. The summed E-state index contributed by atoms with van der Waals surface area (Å²) < 4.78 is 79.9. The number of benzene rings is 2. The summed E-state index contributed by atoms with van der Waals surface area (Å²) in [5, 5.41) is 39.4. The minimum atomic E-state index is -1.70. The van der Waals surface area contributed by atoms with Crippen LogP contribution in [0.1, 0.15) is 24.9 Å². The van der Waals surface area contributed by atoms with Gasteiger partial charge in [-0.1, -0.05) is 18.2 Å². The molecule has 0 bridgehead atoms. The largest absolute Gasteiger partial charge is 0.394 e. The van der Waals surface area contributed by atoms with Gasteiger partial charge in [-0.2, -0.15) is 0 Å². The molecule has 3 aromatic rings. The number of ketones is 1. The molecule has 0 aliphatic carbocycles. The molecule has 1 aliphatic rings. The van der Waals surface area contributed by atoms with Crippen LogP contribution in [0.25, 0.3) is 11.3 Å². The molecule has 39 heavy (non-hydrogen) atoms. The van der Waals surface area contributed by atoms with E-state index in [-0.39, 0.29) is 29.8 Å². The molecule has 2 aromatic carbocycles. The van der Waals surface area contributed by atoms with Crippen molar-refractivity contribution < 1.29 is 51.5 Å². The van der Waals surface area contributed by atoms with Gasteiger partial charge in [0.05, 0.1) is 19.4 Å². The van der Waals surface area contributed by atoms with Gasteiger partial charge < -0.3 is 24.8 Å². The Balaban J connectivity index is 1.63. The smallest absolute Gasteiger partial charge is 0.194 e. The first-order valence-electron chi connectivity index (χ1n) is 11.8. The Bertz CT molecular complexity index is 1320. The lowest BCUT2D eigenvalue weighted by Gasteiger charge is -2.44. The Hall–Kier alpha value is -3.30. The standard InChI is InChI=1S/C25H24F5N3O6/c1-2-18(35)24(38-10-11-3-4-13(26)14(27)5-11)25-23(37)21(22(36)19(9-34)39-25)33-8-17(31-32-33)12-6-15(28)20(30)16(29)7-12/h3-8,19,21-25,34,36-37H,2,9-10H2,1H3/t19?,21-,22-,23?,24+,25+/m0/s1. The number of aliphatic hydroxyl groups is 3. The highest BCUT2D eigenvalue weighted by Crippen LogP contribution is 2.34. The van der Waals surface area contributed by atoms with Crippen molar-refractivity contribution in [2.24, 2.45) is 0 Å². The number of aromatic nitrogens is 3. The van der Waals surface area contributed by atoms with Crippen molar-refractivity contribution in [2.45, 2.75) is 56.5 Å². The Morgan fingerprint density at radius 3 is 2.36 bits per heavy atom. The van der Waals surface area contributed by atoms with E-state index in [1.807, 2.05) is 0 Å². The van der Waals surface area contributed by atoms with E-state index in [0.29, 0.717) is 12.1 Å². The third kappa shape index (κ3) is 5.84. The molecule has 1 aromatic heterocycles. The Kier molecular flexibility index (Phi) is 8.71. The predicted octanol–water partition coefficient (Wildman–Crippen LogP) is 2.23. The SMILES string of the molecule is CCC(=O)[C@@H](OCc1ccc(F)c(F)c1)[C@@H]1OC(CO)[C@H](O)[C@H](n2cc(-c3cc(F)c(F)c(F)c3)nn2)C1O. The van der Waals surface area contributed by atoms with Crippen LogP contribution in [0.15, 0.2) is 36.5 Å². The lowest BCUT2D eigenvalue weighted by atomic mass is 9.88. The lowest BCUT2D eigenvalue weighted by molar-refractivity contribution is -0.234. The van der Waals surface area contributed by atoms with Gasteiger partial charge in [-0.3, -0.25) is 4.79 Å². The van der Waals surface area contributed by atoms with Crippen molar-refractivity contribution in [2.75, 3.05) is 6.61 Å². The first-order chi connectivity index (χ1) is 18.5. The number of carbonyl (C=O) groups excluding carboxylic acids is 1. The fourth-order valence-corrected chi connectivity index (χ4v) is 4.34. The van der Waals surface area contributed by atoms with Gasteiger partial charge >= 0.3 is 0 Å². The molecule has 14 heteroatoms. The van der Waals surface area contributed by atoms with E-state index < -0.39 is 78.0 Å². The average Bonchev–Trinajstić information content (AvgIpc) is 3.39. The topological polar surface area (TPSA) is 127 Å². The molecule has 4 rings (SSSR count). The summed E-state index contributed by atoms with van der Waals surface area (Å²) in [4.78, 5) is 12.8. The van der Waals surface area contributed by atoms with Crippen LogP contribution < -0.4 is 0 Å². The summed E-state index contributed by atoms with van der Waals surface area (Å²) >= 11 is 0. The van der Waals surface area contributed by atoms with E-state index in [9.17, 15) is 42.1 Å². The Labute approximate surface area is 218 Å². The number of carbonyl (C=O) groups is 1. The van der Waals surface area contributed by atoms with Crippen molar-refractivity contribution in [3.63, 3.8) is 0 Å². The van der Waals surface area contributed by atoms with Gasteiger partial charge in [0.25, 0.3) is 0 Å². The van der Waals surface area contributed by atoms with E-state index in [4.69, 9.17) is 9.47 Å². The molecule has 1 fully saturated rings. The second-order valence-electron chi connectivity index (χ2n) is 8.93. The fraction of sp³-hybridized carbons (Fsp3) is 0.400. The summed E-state index contributed by atoms with van der Waals surface area (Å²) in [5.41, 5.74) is -0.132. The van der Waals surface area contributed by atoms with E-state index in [1.165, 1.54) is 13.0 Å². The normalized spacial score (nSPS) is 24.1. The van der Waals surface area contributed by atoms with Crippen LogP contribution in [0.4, 0.5) is 22.0 Å². The fourth-order valence-electron chi connectivity index (χ4n) is 4.34. The van der Waals surface area contributed by atoms with Crippen molar-refractivity contribution in [1.82, 2.24) is 15.0 Å². The summed E-state index contributed by atoms with van der Waals surface area (Å²) in [5.74, 6) is -7.35. The zero-order valence-corrected chi connectivity index (χ0v) is 20.3. The van der Waals surface area contributed by atoms with E-state index >= 15 is 0 Å². The maximum atomic E-state index is 13.7. The molecule has 0 saturated carbocycles. The van der Waals surface area contributed by atoms with Gasteiger partial charge in [-0.05, 0) is 29.8 Å². The average molecular weight is 557 g/mol. The number of hydrogen-bond donors (Lipinski definition) is 3. The maximum Gasteiger partial charge on any atom is 0.194 e. The number of rotatable bonds is 9. The van der Waals surface area contributed by atoms with Gasteiger partial charge in [0.2, 0.25) is 0 Å². The summed E-state index contributed by atoms with van der Waals surface area (Å²) in [6.07, 6.45) is -6.52. The molecular formula is C25H24F5N3O6. The molecule has 2 unspecified atom stereocenters. The Morgan fingerprint density at radius 1 is 1.05 bits per heavy atom. The summed E-state index contributed by atoms with van der Waals surface area (Å²) in [7, 11) is 0. The molecular weight excluding hydrogens is 533 g/mol. The molecule has 210 valence electrons. The van der Waals surface area contributed by atoms with Crippen LogP contribution in [0, 0.1) is 29.1 Å². The van der Waals surface area contributed by atoms with Crippen molar-refractivity contribution in [3.8, 4) is 11.3 Å². The molecule has 2 heterocycles. The molecule has 1 aliphatic heterocycles. The maximum absolute atomic E-state index is 13.7. The van der Waals surface area contributed by atoms with Crippen molar-refractivity contribution >= 4 is 5.78 Å². The van der Waals surface area contributed by atoms with Crippen molar-refractivity contribution in [3.05, 3.63) is 71.2 Å². The third-order valence-corrected chi connectivity index (χ3v) is 6.40. The minimum Gasteiger partial charge on any atom is -0.394 e. The first kappa shape index (κ1) is 28.7. The van der Waals surface area contributed by atoms with Crippen LogP contribution in [0.5, 0.6) is 0 Å². The highest BCUT2D eigenvalue weighted by atomic mass is 19.2. The first-order valence-corrected chi connectivity index (χ1v) is 11.8. The second-order valence-corrected chi connectivity index (χ2v) is 8.93.